The summed E-state index contributed by atoms with van der Waals surface area (Å²) in [5.41, 5.74) is 0.146. The van der Waals surface area contributed by atoms with E-state index in [1.54, 1.807) is 19.1 Å². The van der Waals surface area contributed by atoms with Gasteiger partial charge in [-0.15, -0.1) is 0 Å². The highest BCUT2D eigenvalue weighted by atomic mass is 19.1. The van der Waals surface area contributed by atoms with Gasteiger partial charge in [-0.1, -0.05) is 12.1 Å². The first-order chi connectivity index (χ1) is 7.52. The summed E-state index contributed by atoms with van der Waals surface area (Å²) >= 11 is 0. The Hall–Kier alpha value is -1.44. The summed E-state index contributed by atoms with van der Waals surface area (Å²) in [5, 5.41) is 18.4. The van der Waals surface area contributed by atoms with Crippen LogP contribution < -0.4 is 0 Å². The zero-order chi connectivity index (χ0) is 11.8. The number of hydrogen-bond donors (Lipinski definition) is 1. The van der Waals surface area contributed by atoms with Crippen molar-refractivity contribution in [2.45, 2.75) is 19.1 Å². The summed E-state index contributed by atoms with van der Waals surface area (Å²) < 4.78 is 13.3. The Morgan fingerprint density at radius 3 is 2.81 bits per heavy atom. The van der Waals surface area contributed by atoms with Gasteiger partial charge >= 0.3 is 0 Å². The average Bonchev–Trinajstić information content (AvgIpc) is 2.15. The van der Waals surface area contributed by atoms with Gasteiger partial charge < -0.3 is 5.11 Å². The van der Waals surface area contributed by atoms with Crippen LogP contribution in [0, 0.1) is 17.1 Å². The van der Waals surface area contributed by atoms with Gasteiger partial charge in [-0.25, -0.2) is 4.39 Å². The first kappa shape index (κ1) is 11.1. The van der Waals surface area contributed by atoms with Crippen LogP contribution in [0.15, 0.2) is 18.2 Å². The lowest BCUT2D eigenvalue weighted by Gasteiger charge is -2.44. The van der Waals surface area contributed by atoms with Crippen LogP contribution in [0.5, 0.6) is 0 Å². The molecule has 0 unspecified atom stereocenters. The second-order valence-electron chi connectivity index (χ2n) is 4.53. The van der Waals surface area contributed by atoms with Gasteiger partial charge in [0.2, 0.25) is 0 Å². The highest BCUT2D eigenvalue weighted by Gasteiger charge is 2.36. The largest absolute Gasteiger partial charge is 0.388 e. The molecule has 1 aromatic rings. The molecule has 0 radical (unpaired) electrons. The molecule has 0 spiro atoms. The van der Waals surface area contributed by atoms with Crippen LogP contribution in [0.4, 0.5) is 4.39 Å². The van der Waals surface area contributed by atoms with Crippen molar-refractivity contribution in [2.75, 3.05) is 13.1 Å². The second kappa shape index (κ2) is 3.85. The van der Waals surface area contributed by atoms with E-state index in [0.29, 0.717) is 25.2 Å². The molecule has 0 atom stereocenters. The number of rotatable bonds is 2. The second-order valence-corrected chi connectivity index (χ2v) is 4.53. The number of nitrogens with zero attached hydrogens (tertiary/aromatic N) is 2. The van der Waals surface area contributed by atoms with E-state index in [1.807, 2.05) is 11.0 Å². The summed E-state index contributed by atoms with van der Waals surface area (Å²) in [7, 11) is 0. The van der Waals surface area contributed by atoms with Gasteiger partial charge in [-0.2, -0.15) is 5.26 Å². The van der Waals surface area contributed by atoms with Gasteiger partial charge in [0, 0.05) is 19.6 Å². The Labute approximate surface area is 93.7 Å². The van der Waals surface area contributed by atoms with Gasteiger partial charge in [-0.05, 0) is 18.6 Å². The predicted molar refractivity (Wildman–Crippen MR) is 57.0 cm³/mol. The lowest BCUT2D eigenvalue weighted by molar-refractivity contribution is -0.0871. The third kappa shape index (κ3) is 2.06. The Bertz CT molecular complexity index is 443. The first-order valence-electron chi connectivity index (χ1n) is 5.14. The van der Waals surface area contributed by atoms with E-state index < -0.39 is 11.4 Å². The van der Waals surface area contributed by atoms with E-state index in [1.165, 1.54) is 6.07 Å². The smallest absolute Gasteiger partial charge is 0.141 e. The van der Waals surface area contributed by atoms with Gasteiger partial charge in [0.15, 0.2) is 0 Å². The molecular formula is C12H13FN2O. The molecule has 16 heavy (non-hydrogen) atoms. The van der Waals surface area contributed by atoms with Crippen molar-refractivity contribution in [1.29, 1.82) is 5.26 Å². The summed E-state index contributed by atoms with van der Waals surface area (Å²) in [4.78, 5) is 1.98. The molecule has 1 heterocycles. The van der Waals surface area contributed by atoms with Crippen molar-refractivity contribution in [2.24, 2.45) is 0 Å². The van der Waals surface area contributed by atoms with Gasteiger partial charge in [0.25, 0.3) is 0 Å². The molecule has 4 heteroatoms. The van der Waals surface area contributed by atoms with Crippen LogP contribution in [0.25, 0.3) is 0 Å². The fraction of sp³-hybridized carbons (Fsp3) is 0.417. The zero-order valence-corrected chi connectivity index (χ0v) is 9.07. The van der Waals surface area contributed by atoms with E-state index in [-0.39, 0.29) is 5.56 Å². The molecule has 0 amide bonds. The van der Waals surface area contributed by atoms with Crippen molar-refractivity contribution >= 4 is 0 Å². The number of β-amino-alcohol motifs (C(OH)–C–C–N with tert-alkyl or cyclic N) is 1. The lowest BCUT2D eigenvalue weighted by Crippen LogP contribution is -2.59. The van der Waals surface area contributed by atoms with Gasteiger partial charge in [-0.3, -0.25) is 4.90 Å². The van der Waals surface area contributed by atoms with Gasteiger partial charge in [0.1, 0.15) is 11.9 Å². The van der Waals surface area contributed by atoms with Gasteiger partial charge in [0.05, 0.1) is 11.2 Å². The van der Waals surface area contributed by atoms with Crippen molar-refractivity contribution in [3.8, 4) is 6.07 Å². The molecule has 1 aliphatic heterocycles. The van der Waals surface area contributed by atoms with Crippen LogP contribution in [0.3, 0.4) is 0 Å². The van der Waals surface area contributed by atoms with E-state index >= 15 is 0 Å². The van der Waals surface area contributed by atoms with Crippen LogP contribution >= 0.6 is 0 Å². The van der Waals surface area contributed by atoms with Crippen molar-refractivity contribution < 1.29 is 9.50 Å². The molecule has 1 saturated heterocycles. The quantitative estimate of drug-likeness (QED) is 0.816. The molecule has 1 aromatic carbocycles. The topological polar surface area (TPSA) is 47.3 Å². The molecule has 2 rings (SSSR count). The highest BCUT2D eigenvalue weighted by Crippen LogP contribution is 2.23. The summed E-state index contributed by atoms with van der Waals surface area (Å²) in [6.45, 7) is 3.40. The third-order valence-electron chi connectivity index (χ3n) is 2.73. The maximum Gasteiger partial charge on any atom is 0.141 e. The molecule has 1 N–H and O–H groups in total. The first-order valence-corrected chi connectivity index (χ1v) is 5.14. The number of likely N-dealkylation sites (tertiary alicyclic amines) is 1. The minimum Gasteiger partial charge on any atom is -0.388 e. The summed E-state index contributed by atoms with van der Waals surface area (Å²) in [6.07, 6.45) is 0. The SMILES string of the molecule is CC1(O)CN(Cc2cccc(F)c2C#N)C1. The Balaban J connectivity index is 2.12. The Morgan fingerprint density at radius 2 is 2.25 bits per heavy atom. The molecular weight excluding hydrogens is 207 g/mol. The minimum absolute atomic E-state index is 0.106. The predicted octanol–water partition coefficient (Wildman–Crippen LogP) is 1.26. The van der Waals surface area contributed by atoms with Crippen LogP contribution in [-0.2, 0) is 6.54 Å². The molecule has 0 saturated carbocycles. The molecule has 3 nitrogen and oxygen atoms in total. The number of nitriles is 1. The normalized spacial score (nSPS) is 18.9. The van der Waals surface area contributed by atoms with E-state index in [4.69, 9.17) is 5.26 Å². The summed E-state index contributed by atoms with van der Waals surface area (Å²) in [5.74, 6) is -0.479. The Morgan fingerprint density at radius 1 is 1.56 bits per heavy atom. The molecule has 1 fully saturated rings. The fourth-order valence-corrected chi connectivity index (χ4v) is 2.10. The van der Waals surface area contributed by atoms with E-state index in [9.17, 15) is 9.50 Å². The third-order valence-corrected chi connectivity index (χ3v) is 2.73. The van der Waals surface area contributed by atoms with Crippen LogP contribution in [0.1, 0.15) is 18.1 Å². The highest BCUT2D eigenvalue weighted by molar-refractivity contribution is 5.38. The molecule has 1 aliphatic rings. The maximum absolute atomic E-state index is 13.3. The van der Waals surface area contributed by atoms with E-state index in [0.717, 1.165) is 0 Å². The van der Waals surface area contributed by atoms with Crippen LogP contribution in [0.2, 0.25) is 0 Å². The zero-order valence-electron chi connectivity index (χ0n) is 9.07. The van der Waals surface area contributed by atoms with Crippen molar-refractivity contribution in [1.82, 2.24) is 4.90 Å². The Kier molecular flexibility index (Phi) is 2.66. The summed E-state index contributed by atoms with van der Waals surface area (Å²) in [6, 6.07) is 6.51. The lowest BCUT2D eigenvalue weighted by atomic mass is 9.95. The fourth-order valence-electron chi connectivity index (χ4n) is 2.10. The van der Waals surface area contributed by atoms with Crippen molar-refractivity contribution in [3.63, 3.8) is 0 Å². The molecule has 0 bridgehead atoms. The minimum atomic E-state index is -0.639. The number of benzene rings is 1. The average molecular weight is 220 g/mol. The number of halogens is 1. The standard InChI is InChI=1S/C12H13FN2O/c1-12(16)7-15(8-12)6-9-3-2-4-11(13)10(9)5-14/h2-4,16H,6-8H2,1H3. The van der Waals surface area contributed by atoms with Crippen molar-refractivity contribution in [3.05, 3.63) is 35.1 Å². The van der Waals surface area contributed by atoms with Crippen LogP contribution in [-0.4, -0.2) is 28.7 Å². The molecule has 0 aliphatic carbocycles. The number of aliphatic hydroxyl groups is 1. The maximum atomic E-state index is 13.3. The molecule has 0 aromatic heterocycles. The molecule has 84 valence electrons. The van der Waals surface area contributed by atoms with E-state index in [2.05, 4.69) is 0 Å². The monoisotopic (exact) mass is 220 g/mol. The number of hydrogen-bond acceptors (Lipinski definition) is 3.